The molecule has 2 saturated carbocycles. The Bertz CT molecular complexity index is 1400. The summed E-state index contributed by atoms with van der Waals surface area (Å²) in [6.45, 7) is 7.80. The van der Waals surface area contributed by atoms with Gasteiger partial charge in [-0.2, -0.15) is 0 Å². The quantitative estimate of drug-likeness (QED) is 0.0575. The zero-order valence-corrected chi connectivity index (χ0v) is 35.2. The van der Waals surface area contributed by atoms with Crippen LogP contribution in [0.1, 0.15) is 109 Å². The Balaban J connectivity index is 1.36. The van der Waals surface area contributed by atoms with Crippen molar-refractivity contribution in [3.63, 3.8) is 0 Å². The molecule has 5 rings (SSSR count). The number of carbonyl (C=O) groups is 6. The Morgan fingerprint density at radius 2 is 1.71 bits per heavy atom. The summed E-state index contributed by atoms with van der Waals surface area (Å²) in [4.78, 5) is 92.0. The molecule has 16 heteroatoms. The molecule has 3 atom stereocenters. The van der Waals surface area contributed by atoms with Crippen molar-refractivity contribution in [3.05, 3.63) is 24.3 Å². The molecule has 49 heavy (non-hydrogen) atoms. The van der Waals surface area contributed by atoms with Crippen LogP contribution in [0, 0.1) is 0 Å². The van der Waals surface area contributed by atoms with Gasteiger partial charge in [-0.05, 0) is 0 Å². The van der Waals surface area contributed by atoms with Crippen molar-refractivity contribution in [2.24, 2.45) is 0 Å². The average molecular weight is 1020 g/mol. The number of hydrogen-bond acceptors (Lipinski definition) is 8. The van der Waals surface area contributed by atoms with E-state index >= 15 is 0 Å². The van der Waals surface area contributed by atoms with Crippen LogP contribution >= 0.6 is 40.2 Å². The third-order valence-corrected chi connectivity index (χ3v) is 28.5. The fourth-order valence-corrected chi connectivity index (χ4v) is 26.1. The Labute approximate surface area is 311 Å². The van der Waals surface area contributed by atoms with E-state index in [1.54, 1.807) is 4.90 Å². The van der Waals surface area contributed by atoms with Crippen LogP contribution in [0.25, 0.3) is 0 Å². The van der Waals surface area contributed by atoms with Crippen LogP contribution in [-0.2, 0) is 14.4 Å². The summed E-state index contributed by atoms with van der Waals surface area (Å²) in [5.74, 6) is -2.09. The summed E-state index contributed by atoms with van der Waals surface area (Å²) in [5.41, 5.74) is 0.156. The summed E-state index contributed by atoms with van der Waals surface area (Å²) >= 11 is -7.62. The third kappa shape index (κ3) is 9.79. The van der Waals surface area contributed by atoms with Crippen LogP contribution in [0.15, 0.2) is 18.6 Å². The zero-order valence-electron chi connectivity index (χ0n) is 28.7. The number of Topliss-reactive ketones (excluding diaryl/α,β-unsaturated/α-hetero) is 1. The van der Waals surface area contributed by atoms with E-state index < -0.39 is 93.1 Å². The van der Waals surface area contributed by atoms with Gasteiger partial charge in [0.2, 0.25) is 0 Å². The molecule has 13 nitrogen and oxygen atoms in total. The number of nitrogens with zero attached hydrogens (tertiary/aromatic N) is 3. The van der Waals surface area contributed by atoms with Crippen molar-refractivity contribution >= 4 is 71.5 Å². The fraction of sp³-hybridized carbons (Fsp3) is 0.697. The molecular weight excluding hydrogens is 971 g/mol. The van der Waals surface area contributed by atoms with E-state index in [0.29, 0.717) is 17.4 Å². The first kappa shape index (κ1) is 38.5. The maximum atomic E-state index is 14.7. The van der Waals surface area contributed by atoms with E-state index in [-0.39, 0.29) is 33.3 Å². The predicted molar refractivity (Wildman–Crippen MR) is 199 cm³/mol. The van der Waals surface area contributed by atoms with Gasteiger partial charge in [0.05, 0.1) is 0 Å². The molecule has 4 aliphatic rings. The monoisotopic (exact) mass is 1020 g/mol. The first-order valence-corrected chi connectivity index (χ1v) is 28.1. The molecular formula is C33H50I3N7O6-. The van der Waals surface area contributed by atoms with E-state index in [1.807, 2.05) is 27.7 Å². The number of amides is 5. The average Bonchev–Trinajstić information content (AvgIpc) is 3.65. The molecule has 275 valence electrons. The van der Waals surface area contributed by atoms with Gasteiger partial charge < -0.3 is 0 Å². The number of nitrogens with one attached hydrogen (secondary N) is 4. The van der Waals surface area contributed by atoms with Crippen LogP contribution in [0.5, 0.6) is 0 Å². The second-order valence-electron chi connectivity index (χ2n) is 13.9. The van der Waals surface area contributed by atoms with Gasteiger partial charge >= 0.3 is 314 Å². The first-order chi connectivity index (χ1) is 23.4. The van der Waals surface area contributed by atoms with Crippen LogP contribution in [0.4, 0.5) is 9.59 Å². The fourth-order valence-electron chi connectivity index (χ4n) is 6.30. The number of rotatable bonds is 13. The van der Waals surface area contributed by atoms with Gasteiger partial charge in [-0.25, -0.2) is 0 Å². The second-order valence-corrected chi connectivity index (χ2v) is 31.5. The molecule has 2 aliphatic carbocycles. The van der Waals surface area contributed by atoms with E-state index in [1.165, 1.54) is 18.6 Å². The van der Waals surface area contributed by atoms with Crippen LogP contribution in [0.3, 0.4) is 0 Å². The van der Waals surface area contributed by atoms with Crippen LogP contribution in [0.2, 0.25) is 0 Å². The number of halogens is 3. The molecule has 1 radical (unpaired) electrons. The van der Waals surface area contributed by atoms with Gasteiger partial charge in [-0.15, -0.1) is 0 Å². The SMILES string of the molecule is CCC[C@@H](NC(=O)[C@@H]1[C@H]2CCC[I-]2CN1C(=O)I(NC(=O)I(NC(=O)c1cnccn1)C1CCCCC1)C(C)(C)C)C(=O)C(=O)NC1CC1. The molecule has 1 aromatic heterocycles. The van der Waals surface area contributed by atoms with Gasteiger partial charge in [0.25, 0.3) is 0 Å². The van der Waals surface area contributed by atoms with Crippen LogP contribution < -0.4 is 37.5 Å². The number of carbonyl (C=O) groups excluding carboxylic acids is 6. The van der Waals surface area contributed by atoms with Gasteiger partial charge in [0.15, 0.2) is 0 Å². The maximum absolute atomic E-state index is 14.7. The summed E-state index contributed by atoms with van der Waals surface area (Å²) in [7, 11) is 0. The topological polar surface area (TPSA) is 180 Å². The molecule has 3 heterocycles. The minimum absolute atomic E-state index is 0.0278. The minimum atomic E-state index is -3.05. The molecule has 2 saturated heterocycles. The summed E-state index contributed by atoms with van der Waals surface area (Å²) in [6, 6.07) is -1.63. The Morgan fingerprint density at radius 3 is 2.35 bits per heavy atom. The van der Waals surface area contributed by atoms with Gasteiger partial charge in [-0.3, -0.25) is 0 Å². The van der Waals surface area contributed by atoms with Gasteiger partial charge in [0.1, 0.15) is 0 Å². The van der Waals surface area contributed by atoms with Crippen molar-refractivity contribution < 1.29 is 48.6 Å². The van der Waals surface area contributed by atoms with E-state index in [9.17, 15) is 28.8 Å². The number of ketones is 1. The summed E-state index contributed by atoms with van der Waals surface area (Å²) < 4.78 is 7.26. The van der Waals surface area contributed by atoms with Crippen LogP contribution in [-0.4, -0.2) is 84.6 Å². The molecule has 0 unspecified atom stereocenters. The molecule has 5 amide bonds. The molecule has 0 spiro atoms. The second kappa shape index (κ2) is 17.2. The molecule has 4 N–H and O–H groups in total. The van der Waals surface area contributed by atoms with Crippen molar-refractivity contribution in [1.29, 1.82) is 0 Å². The van der Waals surface area contributed by atoms with Crippen molar-refractivity contribution in [2.45, 2.75) is 128 Å². The number of fused-ring (bicyclic) bond motifs is 1. The summed E-state index contributed by atoms with van der Waals surface area (Å²) in [6.07, 6.45) is 13.7. The van der Waals surface area contributed by atoms with Gasteiger partial charge in [-0.1, -0.05) is 0 Å². The van der Waals surface area contributed by atoms with Gasteiger partial charge in [0, 0.05) is 0 Å². The van der Waals surface area contributed by atoms with Crippen molar-refractivity contribution in [2.75, 3.05) is 8.98 Å². The molecule has 0 bridgehead atoms. The van der Waals surface area contributed by atoms with E-state index in [4.69, 9.17) is 0 Å². The zero-order chi connectivity index (χ0) is 35.3. The Morgan fingerprint density at radius 1 is 0.980 bits per heavy atom. The van der Waals surface area contributed by atoms with Crippen molar-refractivity contribution in [3.8, 4) is 0 Å². The standard InChI is InChI=1S/C33H50I3N7O6/c1-5-10-24(27(44)30(47)39-22-14-15-22)40-29(46)26-23-13-9-16-34(23)20-43(26)32(49)36(33(2,3)4)42-31(48)35(21-11-7-6-8-12-21)41-28(45)25-19-37-17-18-38-25/h17-19,21-24,26H,5-16,20H2,1-4H3,(H,39,47)(H,40,46)(H,41,45)(H,42,48)/q-1/t23-,24-,26+/m1/s1. The number of hydrogen-bond donors (Lipinski definition) is 4. The Hall–Kier alpha value is -1.71. The summed E-state index contributed by atoms with van der Waals surface area (Å²) in [5, 5.41) is 5.65. The normalized spacial score (nSPS) is 22.8. The molecule has 0 aromatic carbocycles. The Kier molecular flexibility index (Phi) is 13.5. The van der Waals surface area contributed by atoms with E-state index in [0.717, 1.165) is 62.2 Å². The predicted octanol–water partition coefficient (Wildman–Crippen LogP) is 1.57. The molecule has 2 aliphatic heterocycles. The molecule has 4 fully saturated rings. The van der Waals surface area contributed by atoms with Crippen molar-refractivity contribution in [1.82, 2.24) is 32.6 Å². The number of aromatic nitrogens is 2. The number of alkyl halides is 5. The first-order valence-electron chi connectivity index (χ1n) is 17.2. The third-order valence-electron chi connectivity index (χ3n) is 8.96. The molecule has 1 aromatic rings. The van der Waals surface area contributed by atoms with E-state index in [2.05, 4.69) is 27.7 Å².